The van der Waals surface area contributed by atoms with Gasteiger partial charge in [0.15, 0.2) is 0 Å². The van der Waals surface area contributed by atoms with Crippen LogP contribution in [0.15, 0.2) is 0 Å². The van der Waals surface area contributed by atoms with Crippen LogP contribution in [0.2, 0.25) is 0 Å². The molecule has 1 aliphatic rings. The number of aliphatic carboxylic acids is 1. The van der Waals surface area contributed by atoms with Gasteiger partial charge in [-0.15, -0.1) is 0 Å². The monoisotopic (exact) mass is 244 g/mol. The molecule has 0 aliphatic carbocycles. The van der Waals surface area contributed by atoms with Crippen molar-refractivity contribution < 1.29 is 19.4 Å². The van der Waals surface area contributed by atoms with E-state index in [0.717, 1.165) is 32.5 Å². The minimum absolute atomic E-state index is 0.118. The van der Waals surface area contributed by atoms with Gasteiger partial charge in [-0.05, 0) is 32.4 Å². The van der Waals surface area contributed by atoms with Crippen LogP contribution in [0.5, 0.6) is 0 Å². The Hall–Kier alpha value is -1.14. The maximum atomic E-state index is 11.7. The number of likely N-dealkylation sites (tertiary alicyclic amines) is 1. The van der Waals surface area contributed by atoms with Crippen molar-refractivity contribution in [1.82, 2.24) is 10.2 Å². The fraction of sp³-hybridized carbons (Fsp3) is 0.818. The molecule has 2 N–H and O–H groups in total. The van der Waals surface area contributed by atoms with Crippen LogP contribution in [-0.2, 0) is 14.3 Å². The van der Waals surface area contributed by atoms with Gasteiger partial charge < -0.3 is 20.1 Å². The van der Waals surface area contributed by atoms with E-state index in [9.17, 15) is 9.59 Å². The molecule has 1 rings (SSSR count). The van der Waals surface area contributed by atoms with Crippen LogP contribution in [0.3, 0.4) is 0 Å². The normalized spacial score (nSPS) is 20.3. The van der Waals surface area contributed by atoms with Crippen LogP contribution in [0.4, 0.5) is 0 Å². The Balaban J connectivity index is 2.28. The lowest BCUT2D eigenvalue weighted by molar-refractivity contribution is -0.146. The molecule has 1 saturated heterocycles. The Morgan fingerprint density at radius 3 is 2.88 bits per heavy atom. The van der Waals surface area contributed by atoms with E-state index in [1.807, 2.05) is 7.05 Å². The summed E-state index contributed by atoms with van der Waals surface area (Å²) in [4.78, 5) is 23.7. The third-order valence-corrected chi connectivity index (χ3v) is 2.82. The molecule has 1 fully saturated rings. The van der Waals surface area contributed by atoms with Gasteiger partial charge in [0.2, 0.25) is 5.91 Å². The molecular weight excluding hydrogens is 224 g/mol. The van der Waals surface area contributed by atoms with Gasteiger partial charge >= 0.3 is 5.97 Å². The average molecular weight is 244 g/mol. The number of carboxylic acids is 1. The van der Waals surface area contributed by atoms with E-state index >= 15 is 0 Å². The fourth-order valence-corrected chi connectivity index (χ4v) is 2.06. The lowest BCUT2D eigenvalue weighted by Gasteiger charge is -2.32. The topological polar surface area (TPSA) is 78.9 Å². The number of piperidine rings is 1. The minimum Gasteiger partial charge on any atom is -0.480 e. The quantitative estimate of drug-likeness (QED) is 0.661. The zero-order chi connectivity index (χ0) is 12.7. The molecule has 1 heterocycles. The molecular formula is C11H20N2O4. The number of nitrogens with zero attached hydrogens (tertiary/aromatic N) is 1. The molecule has 0 aromatic carbocycles. The minimum atomic E-state index is -1.05. The highest BCUT2D eigenvalue weighted by atomic mass is 16.5. The number of carbonyl (C=O) groups is 2. The van der Waals surface area contributed by atoms with Gasteiger partial charge in [-0.3, -0.25) is 4.79 Å². The molecule has 0 aromatic heterocycles. The first kappa shape index (κ1) is 13.9. The number of rotatable bonds is 6. The molecule has 1 atom stereocenters. The molecule has 17 heavy (non-hydrogen) atoms. The summed E-state index contributed by atoms with van der Waals surface area (Å²) in [5, 5.41) is 11.5. The van der Waals surface area contributed by atoms with Crippen LogP contribution in [0.25, 0.3) is 0 Å². The largest absolute Gasteiger partial charge is 0.480 e. The first-order valence-corrected chi connectivity index (χ1v) is 5.85. The number of hydrogen-bond donors (Lipinski definition) is 2. The molecule has 6 heteroatoms. The highest BCUT2D eigenvalue weighted by molar-refractivity contribution is 5.78. The number of hydrogen-bond acceptors (Lipinski definition) is 4. The van der Waals surface area contributed by atoms with Crippen molar-refractivity contribution in [2.24, 2.45) is 5.92 Å². The van der Waals surface area contributed by atoms with Gasteiger partial charge in [-0.1, -0.05) is 0 Å². The average Bonchev–Trinajstić information content (AvgIpc) is 2.29. The van der Waals surface area contributed by atoms with Crippen LogP contribution in [0.1, 0.15) is 12.8 Å². The second kappa shape index (κ2) is 7.24. The lowest BCUT2D eigenvalue weighted by Crippen LogP contribution is -2.44. The van der Waals surface area contributed by atoms with E-state index < -0.39 is 12.6 Å². The van der Waals surface area contributed by atoms with E-state index in [4.69, 9.17) is 9.84 Å². The Bertz CT molecular complexity index is 268. The molecule has 0 spiro atoms. The van der Waals surface area contributed by atoms with E-state index in [-0.39, 0.29) is 12.5 Å². The molecule has 98 valence electrons. The zero-order valence-electron chi connectivity index (χ0n) is 10.1. The summed E-state index contributed by atoms with van der Waals surface area (Å²) >= 11 is 0. The third kappa shape index (κ3) is 5.14. The van der Waals surface area contributed by atoms with Crippen LogP contribution >= 0.6 is 0 Å². The maximum absolute atomic E-state index is 11.7. The van der Waals surface area contributed by atoms with Gasteiger partial charge in [0.1, 0.15) is 13.2 Å². The van der Waals surface area contributed by atoms with Gasteiger partial charge in [0.05, 0.1) is 0 Å². The van der Waals surface area contributed by atoms with Gasteiger partial charge in [0.25, 0.3) is 0 Å². The SMILES string of the molecule is CNCC1CCCN(C(=O)COCC(=O)O)C1. The van der Waals surface area contributed by atoms with Crippen molar-refractivity contribution in [2.45, 2.75) is 12.8 Å². The number of nitrogens with one attached hydrogen (secondary N) is 1. The first-order chi connectivity index (χ1) is 8.13. The number of ether oxygens (including phenoxy) is 1. The van der Waals surface area contributed by atoms with Gasteiger partial charge in [0, 0.05) is 13.1 Å². The van der Waals surface area contributed by atoms with Crippen molar-refractivity contribution in [3.8, 4) is 0 Å². The first-order valence-electron chi connectivity index (χ1n) is 5.85. The van der Waals surface area contributed by atoms with Crippen LogP contribution < -0.4 is 5.32 Å². The van der Waals surface area contributed by atoms with Gasteiger partial charge in [-0.25, -0.2) is 4.79 Å². The van der Waals surface area contributed by atoms with Crippen molar-refractivity contribution in [1.29, 1.82) is 0 Å². The fourth-order valence-electron chi connectivity index (χ4n) is 2.06. The second-order valence-corrected chi connectivity index (χ2v) is 4.29. The summed E-state index contributed by atoms with van der Waals surface area (Å²) < 4.78 is 4.80. The Kier molecular flexibility index (Phi) is 5.93. The summed E-state index contributed by atoms with van der Waals surface area (Å²) in [5.74, 6) is -0.686. The second-order valence-electron chi connectivity index (χ2n) is 4.29. The molecule has 1 unspecified atom stereocenters. The molecule has 1 amide bonds. The van der Waals surface area contributed by atoms with Gasteiger partial charge in [-0.2, -0.15) is 0 Å². The third-order valence-electron chi connectivity index (χ3n) is 2.82. The molecule has 0 radical (unpaired) electrons. The lowest BCUT2D eigenvalue weighted by atomic mass is 9.98. The van der Waals surface area contributed by atoms with Crippen molar-refractivity contribution in [2.75, 3.05) is 39.9 Å². The zero-order valence-corrected chi connectivity index (χ0v) is 10.1. The predicted molar refractivity (Wildman–Crippen MR) is 61.7 cm³/mol. The molecule has 1 aliphatic heterocycles. The summed E-state index contributed by atoms with van der Waals surface area (Å²) in [6.45, 7) is 1.82. The standard InChI is InChI=1S/C11H20N2O4/c1-12-5-9-3-2-4-13(6-9)10(14)7-17-8-11(15)16/h9,12H,2-8H2,1H3,(H,15,16). The van der Waals surface area contributed by atoms with E-state index in [1.54, 1.807) is 4.90 Å². The molecule has 0 bridgehead atoms. The predicted octanol–water partition coefficient (Wildman–Crippen LogP) is -0.454. The van der Waals surface area contributed by atoms with Crippen molar-refractivity contribution in [3.63, 3.8) is 0 Å². The Morgan fingerprint density at radius 2 is 2.24 bits per heavy atom. The van der Waals surface area contributed by atoms with Crippen molar-refractivity contribution >= 4 is 11.9 Å². The smallest absolute Gasteiger partial charge is 0.329 e. The number of amides is 1. The Morgan fingerprint density at radius 1 is 1.47 bits per heavy atom. The Labute approximate surface area is 101 Å². The summed E-state index contributed by atoms with van der Waals surface area (Å²) in [5.41, 5.74) is 0. The van der Waals surface area contributed by atoms with E-state index in [1.165, 1.54) is 0 Å². The van der Waals surface area contributed by atoms with Crippen LogP contribution in [0, 0.1) is 5.92 Å². The van der Waals surface area contributed by atoms with E-state index in [2.05, 4.69) is 5.32 Å². The number of carbonyl (C=O) groups excluding carboxylic acids is 1. The summed E-state index contributed by atoms with van der Waals surface area (Å²) in [6, 6.07) is 0. The van der Waals surface area contributed by atoms with E-state index in [0.29, 0.717) is 5.92 Å². The summed E-state index contributed by atoms with van der Waals surface area (Å²) in [7, 11) is 1.90. The summed E-state index contributed by atoms with van der Waals surface area (Å²) in [6.07, 6.45) is 2.12. The molecule has 6 nitrogen and oxygen atoms in total. The highest BCUT2D eigenvalue weighted by Gasteiger charge is 2.23. The van der Waals surface area contributed by atoms with Crippen molar-refractivity contribution in [3.05, 3.63) is 0 Å². The number of carboxylic acid groups (broad SMARTS) is 1. The molecule has 0 aromatic rings. The van der Waals surface area contributed by atoms with Crippen LogP contribution in [-0.4, -0.2) is 61.8 Å². The molecule has 0 saturated carbocycles. The highest BCUT2D eigenvalue weighted by Crippen LogP contribution is 2.15. The maximum Gasteiger partial charge on any atom is 0.329 e.